The van der Waals surface area contributed by atoms with Crippen molar-refractivity contribution in [3.63, 3.8) is 0 Å². The smallest absolute Gasteiger partial charge is 0.221 e. The van der Waals surface area contributed by atoms with Gasteiger partial charge in [0.25, 0.3) is 0 Å². The number of fused-ring (bicyclic) bond motifs is 1. The largest absolute Gasteiger partial charge is 0.493 e. The first kappa shape index (κ1) is 16.8. The Bertz CT molecular complexity index is 1070. The number of nitrogens with zero attached hydrogens (tertiary/aromatic N) is 3. The van der Waals surface area contributed by atoms with Crippen molar-refractivity contribution in [2.45, 2.75) is 19.0 Å². The molecular formula is C19H19N3O3S. The van der Waals surface area contributed by atoms with E-state index in [4.69, 9.17) is 0 Å². The van der Waals surface area contributed by atoms with Crippen molar-refractivity contribution in [1.29, 1.82) is 0 Å². The van der Waals surface area contributed by atoms with Crippen molar-refractivity contribution in [2.24, 2.45) is 10.2 Å². The van der Waals surface area contributed by atoms with Gasteiger partial charge in [-0.1, -0.05) is 48.5 Å². The molecule has 2 aromatic carbocycles. The SMILES string of the molecule is O=S1(=O)CC[C@@H](N=Nc2c(O)n(Cc3ccccc3)c3ccccc23)C1. The monoisotopic (exact) mass is 369 g/mol. The van der Waals surface area contributed by atoms with Crippen molar-refractivity contribution in [1.82, 2.24) is 4.57 Å². The lowest BCUT2D eigenvalue weighted by molar-refractivity contribution is 0.429. The summed E-state index contributed by atoms with van der Waals surface area (Å²) in [5, 5.41) is 20.0. The van der Waals surface area contributed by atoms with Crippen LogP contribution in [0, 0.1) is 0 Å². The lowest BCUT2D eigenvalue weighted by atomic mass is 10.2. The van der Waals surface area contributed by atoms with Gasteiger partial charge in [0, 0.05) is 5.39 Å². The number of aromatic hydroxyl groups is 1. The molecule has 4 rings (SSSR count). The standard InChI is InChI=1S/C19H19N3O3S/c23-19-18(21-20-15-10-11-26(24,25)13-15)16-8-4-5-9-17(16)22(19)12-14-6-2-1-3-7-14/h1-9,15,23H,10-13H2/t15-/m1/s1. The summed E-state index contributed by atoms with van der Waals surface area (Å²) >= 11 is 0. The van der Waals surface area contributed by atoms with Crippen LogP contribution >= 0.6 is 0 Å². The van der Waals surface area contributed by atoms with Gasteiger partial charge in [-0.05, 0) is 18.1 Å². The minimum Gasteiger partial charge on any atom is -0.493 e. The van der Waals surface area contributed by atoms with E-state index in [1.807, 2.05) is 54.6 Å². The van der Waals surface area contributed by atoms with E-state index in [1.54, 1.807) is 4.57 Å². The highest BCUT2D eigenvalue weighted by molar-refractivity contribution is 7.91. The molecule has 7 heteroatoms. The van der Waals surface area contributed by atoms with Gasteiger partial charge in [-0.3, -0.25) is 0 Å². The molecule has 0 aliphatic carbocycles. The fraction of sp³-hybridized carbons (Fsp3) is 0.263. The Balaban J connectivity index is 1.72. The van der Waals surface area contributed by atoms with Gasteiger partial charge in [-0.15, -0.1) is 5.11 Å². The Morgan fingerprint density at radius 2 is 1.81 bits per heavy atom. The summed E-state index contributed by atoms with van der Waals surface area (Å²) in [4.78, 5) is 0. The molecule has 2 heterocycles. The summed E-state index contributed by atoms with van der Waals surface area (Å²) in [6.07, 6.45) is 0.481. The second-order valence-electron chi connectivity index (χ2n) is 6.53. The van der Waals surface area contributed by atoms with Crippen molar-refractivity contribution in [3.8, 4) is 5.88 Å². The summed E-state index contributed by atoms with van der Waals surface area (Å²) in [7, 11) is -3.01. The number of azo groups is 1. The van der Waals surface area contributed by atoms with Gasteiger partial charge < -0.3 is 9.67 Å². The van der Waals surface area contributed by atoms with E-state index in [2.05, 4.69) is 10.2 Å². The van der Waals surface area contributed by atoms with Crippen molar-refractivity contribution >= 4 is 26.4 Å². The zero-order chi connectivity index (χ0) is 18.1. The number of aromatic nitrogens is 1. The normalized spacial score (nSPS) is 19.5. The van der Waals surface area contributed by atoms with Crippen molar-refractivity contribution in [2.75, 3.05) is 11.5 Å². The zero-order valence-corrected chi connectivity index (χ0v) is 14.9. The number of sulfone groups is 1. The number of hydrogen-bond acceptors (Lipinski definition) is 5. The molecular weight excluding hydrogens is 350 g/mol. The fourth-order valence-corrected chi connectivity index (χ4v) is 4.92. The molecule has 134 valence electrons. The van der Waals surface area contributed by atoms with Crippen LogP contribution in [0.1, 0.15) is 12.0 Å². The Kier molecular flexibility index (Phi) is 4.24. The third-order valence-electron chi connectivity index (χ3n) is 4.63. The van der Waals surface area contributed by atoms with Gasteiger partial charge in [0.05, 0.1) is 29.6 Å². The highest BCUT2D eigenvalue weighted by Gasteiger charge is 2.28. The van der Waals surface area contributed by atoms with Crippen molar-refractivity contribution < 1.29 is 13.5 Å². The van der Waals surface area contributed by atoms with E-state index < -0.39 is 9.84 Å². The van der Waals surface area contributed by atoms with E-state index in [-0.39, 0.29) is 23.4 Å². The number of hydrogen-bond donors (Lipinski definition) is 1. The zero-order valence-electron chi connectivity index (χ0n) is 14.1. The maximum atomic E-state index is 11.6. The lowest BCUT2D eigenvalue weighted by Crippen LogP contribution is -2.06. The van der Waals surface area contributed by atoms with Crippen LogP contribution in [0.25, 0.3) is 10.9 Å². The number of rotatable bonds is 4. The van der Waals surface area contributed by atoms with E-state index in [0.29, 0.717) is 18.7 Å². The topological polar surface area (TPSA) is 84.0 Å². The second kappa shape index (κ2) is 6.57. The van der Waals surface area contributed by atoms with Gasteiger partial charge in [0.15, 0.2) is 15.5 Å². The number of para-hydroxylation sites is 1. The third-order valence-corrected chi connectivity index (χ3v) is 6.38. The molecule has 0 spiro atoms. The summed E-state index contributed by atoms with van der Waals surface area (Å²) in [6.45, 7) is 0.514. The summed E-state index contributed by atoms with van der Waals surface area (Å²) < 4.78 is 25.0. The van der Waals surface area contributed by atoms with Gasteiger partial charge in [0.1, 0.15) is 0 Å². The summed E-state index contributed by atoms with van der Waals surface area (Å²) in [6, 6.07) is 17.1. The van der Waals surface area contributed by atoms with E-state index in [1.165, 1.54) is 0 Å². The lowest BCUT2D eigenvalue weighted by Gasteiger charge is -2.07. The Labute approximate surface area is 151 Å². The van der Waals surface area contributed by atoms with Gasteiger partial charge in [-0.25, -0.2) is 8.42 Å². The third kappa shape index (κ3) is 3.22. The molecule has 1 aliphatic rings. The quantitative estimate of drug-likeness (QED) is 0.712. The molecule has 0 amide bonds. The fourth-order valence-electron chi connectivity index (χ4n) is 3.30. The summed E-state index contributed by atoms with van der Waals surface area (Å²) in [5.74, 6) is 0.220. The van der Waals surface area contributed by atoms with Crippen molar-refractivity contribution in [3.05, 3.63) is 60.2 Å². The molecule has 1 atom stereocenters. The van der Waals surface area contributed by atoms with Crippen LogP contribution in [0.5, 0.6) is 5.88 Å². The van der Waals surface area contributed by atoms with Crippen LogP contribution in [0.4, 0.5) is 5.69 Å². The molecule has 1 fully saturated rings. The minimum atomic E-state index is -3.01. The van der Waals surface area contributed by atoms with Crippen LogP contribution in [0.2, 0.25) is 0 Å². The average Bonchev–Trinajstić information content (AvgIpc) is 3.12. The maximum Gasteiger partial charge on any atom is 0.221 e. The van der Waals surface area contributed by atoms with E-state index >= 15 is 0 Å². The molecule has 0 radical (unpaired) electrons. The Morgan fingerprint density at radius 3 is 2.54 bits per heavy atom. The maximum absolute atomic E-state index is 11.6. The molecule has 0 saturated carbocycles. The van der Waals surface area contributed by atoms with E-state index in [9.17, 15) is 13.5 Å². The Morgan fingerprint density at radius 1 is 1.08 bits per heavy atom. The van der Waals surface area contributed by atoms with Gasteiger partial charge in [-0.2, -0.15) is 5.11 Å². The molecule has 1 saturated heterocycles. The second-order valence-corrected chi connectivity index (χ2v) is 8.76. The van der Waals surface area contributed by atoms with Crippen LogP contribution in [0.3, 0.4) is 0 Å². The van der Waals surface area contributed by atoms with E-state index in [0.717, 1.165) is 16.5 Å². The van der Waals surface area contributed by atoms with Gasteiger partial charge >= 0.3 is 0 Å². The average molecular weight is 369 g/mol. The predicted octanol–water partition coefficient (Wildman–Crippen LogP) is 3.67. The first-order valence-corrected chi connectivity index (χ1v) is 10.3. The first-order valence-electron chi connectivity index (χ1n) is 8.49. The molecule has 3 aromatic rings. The highest BCUT2D eigenvalue weighted by atomic mass is 32.2. The Hall–Kier alpha value is -2.67. The molecule has 1 N–H and O–H groups in total. The molecule has 1 aliphatic heterocycles. The van der Waals surface area contributed by atoms with Gasteiger partial charge in [0.2, 0.25) is 5.88 Å². The van der Waals surface area contributed by atoms with Crippen LogP contribution in [-0.2, 0) is 16.4 Å². The highest BCUT2D eigenvalue weighted by Crippen LogP contribution is 2.39. The molecule has 6 nitrogen and oxygen atoms in total. The molecule has 26 heavy (non-hydrogen) atoms. The predicted molar refractivity (Wildman–Crippen MR) is 101 cm³/mol. The van der Waals surface area contributed by atoms with Crippen LogP contribution < -0.4 is 0 Å². The molecule has 0 bridgehead atoms. The number of benzene rings is 2. The molecule has 1 aromatic heterocycles. The first-order chi connectivity index (χ1) is 12.5. The van der Waals surface area contributed by atoms with Crippen LogP contribution in [0.15, 0.2) is 64.8 Å². The van der Waals surface area contributed by atoms with Crippen LogP contribution in [-0.4, -0.2) is 35.6 Å². The minimum absolute atomic E-state index is 0.0277. The summed E-state index contributed by atoms with van der Waals surface area (Å²) in [5.41, 5.74) is 2.32. The molecule has 0 unspecified atom stereocenters.